The van der Waals surface area contributed by atoms with E-state index in [4.69, 9.17) is 5.11 Å². The monoisotopic (exact) mass is 159 g/mol. The van der Waals surface area contributed by atoms with Crippen molar-refractivity contribution >= 4 is 12.1 Å². The van der Waals surface area contributed by atoms with Gasteiger partial charge in [0.15, 0.2) is 0 Å². The van der Waals surface area contributed by atoms with Crippen LogP contribution in [0.5, 0.6) is 0 Å². The van der Waals surface area contributed by atoms with Gasteiger partial charge in [-0.05, 0) is 0 Å². The van der Waals surface area contributed by atoms with Crippen molar-refractivity contribution in [2.75, 3.05) is 28.2 Å². The molecule has 0 fully saturated rings. The molecule has 0 aliphatic carbocycles. The van der Waals surface area contributed by atoms with E-state index in [1.54, 1.807) is 38.0 Å². The molecule has 1 N–H and O–H groups in total. The largest absolute Gasteiger partial charge is 0.463 e. The fraction of sp³-hybridized carbons (Fsp3) is 0.667. The fourth-order valence-corrected chi connectivity index (χ4v) is 0.686. The minimum atomic E-state index is -1.18. The third kappa shape index (κ3) is 3.44. The van der Waals surface area contributed by atoms with E-state index in [-0.39, 0.29) is 0 Å². The first kappa shape index (κ1) is 9.74. The molecule has 5 nitrogen and oxygen atoms in total. The van der Waals surface area contributed by atoms with Crippen LogP contribution >= 0.6 is 0 Å². The van der Waals surface area contributed by atoms with Crippen LogP contribution in [0.15, 0.2) is 4.99 Å². The minimum Gasteiger partial charge on any atom is -0.463 e. The van der Waals surface area contributed by atoms with E-state index in [2.05, 4.69) is 4.99 Å². The molecule has 11 heavy (non-hydrogen) atoms. The molecular formula is C6H13N3O2. The van der Waals surface area contributed by atoms with Gasteiger partial charge < -0.3 is 14.9 Å². The summed E-state index contributed by atoms with van der Waals surface area (Å²) in [5.74, 6) is 0.414. The van der Waals surface area contributed by atoms with Gasteiger partial charge in [-0.2, -0.15) is 0 Å². The summed E-state index contributed by atoms with van der Waals surface area (Å²) in [6.07, 6.45) is -1.18. The quantitative estimate of drug-likeness (QED) is 0.403. The predicted molar refractivity (Wildman–Crippen MR) is 42.8 cm³/mol. The highest BCUT2D eigenvalue weighted by Gasteiger charge is 2.05. The number of hydrogen-bond acceptors (Lipinski definition) is 1. The van der Waals surface area contributed by atoms with Crippen LogP contribution in [0.2, 0.25) is 0 Å². The molecule has 0 aliphatic rings. The SMILES string of the molecule is CN(C)C(=NC(=O)O)N(C)C. The van der Waals surface area contributed by atoms with Gasteiger partial charge >= 0.3 is 6.09 Å². The lowest BCUT2D eigenvalue weighted by molar-refractivity contribution is 0.204. The van der Waals surface area contributed by atoms with Crippen LogP contribution in [0.1, 0.15) is 0 Å². The van der Waals surface area contributed by atoms with Gasteiger partial charge in [0.05, 0.1) is 0 Å². The number of rotatable bonds is 0. The topological polar surface area (TPSA) is 56.1 Å². The van der Waals surface area contributed by atoms with E-state index in [1.807, 2.05) is 0 Å². The number of carboxylic acid groups (broad SMARTS) is 1. The van der Waals surface area contributed by atoms with E-state index in [0.717, 1.165) is 0 Å². The average molecular weight is 159 g/mol. The summed E-state index contributed by atoms with van der Waals surface area (Å²) >= 11 is 0. The number of carbonyl (C=O) groups is 1. The van der Waals surface area contributed by atoms with Crippen molar-refractivity contribution in [2.24, 2.45) is 4.99 Å². The van der Waals surface area contributed by atoms with E-state index in [1.165, 1.54) is 0 Å². The lowest BCUT2D eigenvalue weighted by atomic mass is 10.7. The van der Waals surface area contributed by atoms with Gasteiger partial charge in [0.2, 0.25) is 5.96 Å². The second kappa shape index (κ2) is 3.80. The zero-order valence-electron chi connectivity index (χ0n) is 7.20. The van der Waals surface area contributed by atoms with Crippen molar-refractivity contribution in [3.05, 3.63) is 0 Å². The first-order valence-corrected chi connectivity index (χ1v) is 3.11. The van der Waals surface area contributed by atoms with E-state index < -0.39 is 6.09 Å². The Morgan fingerprint density at radius 3 is 1.64 bits per heavy atom. The molecule has 0 saturated carbocycles. The van der Waals surface area contributed by atoms with Crippen LogP contribution < -0.4 is 0 Å². The standard InChI is InChI=1S/C6H13N3O2/c1-8(2)5(9(3)4)7-6(10)11/h1-4H3,(H,10,11). The third-order valence-corrected chi connectivity index (χ3v) is 0.996. The Kier molecular flexibility index (Phi) is 3.36. The highest BCUT2D eigenvalue weighted by molar-refractivity contribution is 5.88. The molecule has 64 valence electrons. The Morgan fingerprint density at radius 1 is 1.18 bits per heavy atom. The van der Waals surface area contributed by atoms with Crippen molar-refractivity contribution in [1.29, 1.82) is 0 Å². The van der Waals surface area contributed by atoms with Crippen LogP contribution in [0.3, 0.4) is 0 Å². The molecule has 0 atom stereocenters. The molecular weight excluding hydrogens is 146 g/mol. The molecule has 0 aromatic heterocycles. The Hall–Kier alpha value is -1.26. The first-order chi connectivity index (χ1) is 4.95. The van der Waals surface area contributed by atoms with E-state index >= 15 is 0 Å². The third-order valence-electron chi connectivity index (χ3n) is 0.996. The number of guanidine groups is 1. The molecule has 0 aromatic rings. The maximum atomic E-state index is 10.2. The Labute approximate surface area is 65.9 Å². The number of hydrogen-bond donors (Lipinski definition) is 1. The molecule has 1 amide bonds. The highest BCUT2D eigenvalue weighted by Crippen LogP contribution is 1.88. The van der Waals surface area contributed by atoms with Gasteiger partial charge in [0.1, 0.15) is 0 Å². The van der Waals surface area contributed by atoms with Crippen molar-refractivity contribution in [3.8, 4) is 0 Å². The molecule has 5 heteroatoms. The highest BCUT2D eigenvalue weighted by atomic mass is 16.4. The van der Waals surface area contributed by atoms with Crippen molar-refractivity contribution in [1.82, 2.24) is 9.80 Å². The van der Waals surface area contributed by atoms with Crippen LogP contribution in [0.4, 0.5) is 4.79 Å². The maximum absolute atomic E-state index is 10.2. The number of aliphatic imine (C=N–C) groups is 1. The first-order valence-electron chi connectivity index (χ1n) is 3.11. The molecule has 0 rings (SSSR count). The van der Waals surface area contributed by atoms with Crippen LogP contribution in [0, 0.1) is 0 Å². The number of amides is 1. The van der Waals surface area contributed by atoms with Gasteiger partial charge in [0.25, 0.3) is 0 Å². The number of nitrogens with zero attached hydrogens (tertiary/aromatic N) is 3. The predicted octanol–water partition coefficient (Wildman–Crippen LogP) is 0.144. The van der Waals surface area contributed by atoms with Crippen LogP contribution in [0.25, 0.3) is 0 Å². The van der Waals surface area contributed by atoms with Crippen molar-refractivity contribution in [3.63, 3.8) is 0 Å². The van der Waals surface area contributed by atoms with Gasteiger partial charge in [-0.25, -0.2) is 4.79 Å². The molecule has 0 saturated heterocycles. The van der Waals surface area contributed by atoms with Crippen molar-refractivity contribution < 1.29 is 9.90 Å². The van der Waals surface area contributed by atoms with E-state index in [0.29, 0.717) is 5.96 Å². The Morgan fingerprint density at radius 2 is 1.55 bits per heavy atom. The maximum Gasteiger partial charge on any atom is 0.434 e. The van der Waals surface area contributed by atoms with Gasteiger partial charge in [-0.1, -0.05) is 0 Å². The molecule has 0 unspecified atom stereocenters. The summed E-state index contributed by atoms with van der Waals surface area (Å²) in [5.41, 5.74) is 0. The summed E-state index contributed by atoms with van der Waals surface area (Å²) in [6, 6.07) is 0. The molecule has 0 radical (unpaired) electrons. The van der Waals surface area contributed by atoms with Gasteiger partial charge in [-0.3, -0.25) is 0 Å². The Balaban J connectivity index is 4.46. The zero-order valence-corrected chi connectivity index (χ0v) is 7.20. The summed E-state index contributed by atoms with van der Waals surface area (Å²) < 4.78 is 0. The molecule has 0 bridgehead atoms. The average Bonchev–Trinajstić information content (AvgIpc) is 1.81. The second-order valence-electron chi connectivity index (χ2n) is 2.48. The van der Waals surface area contributed by atoms with Crippen LogP contribution in [-0.4, -0.2) is 55.1 Å². The summed E-state index contributed by atoms with van der Waals surface area (Å²) in [5, 5.41) is 8.34. The molecule has 0 spiro atoms. The smallest absolute Gasteiger partial charge is 0.434 e. The van der Waals surface area contributed by atoms with Crippen molar-refractivity contribution in [2.45, 2.75) is 0 Å². The second-order valence-corrected chi connectivity index (χ2v) is 2.48. The lowest BCUT2D eigenvalue weighted by Gasteiger charge is -2.21. The minimum absolute atomic E-state index is 0.414. The van der Waals surface area contributed by atoms with Gasteiger partial charge in [-0.15, -0.1) is 4.99 Å². The van der Waals surface area contributed by atoms with Gasteiger partial charge in [0, 0.05) is 28.2 Å². The summed E-state index contributed by atoms with van der Waals surface area (Å²) in [4.78, 5) is 16.8. The summed E-state index contributed by atoms with van der Waals surface area (Å²) in [6.45, 7) is 0. The normalized spacial score (nSPS) is 8.73. The Bertz CT molecular complexity index is 165. The van der Waals surface area contributed by atoms with E-state index in [9.17, 15) is 4.79 Å². The lowest BCUT2D eigenvalue weighted by Crippen LogP contribution is -2.35. The molecule has 0 aromatic carbocycles. The summed E-state index contributed by atoms with van der Waals surface area (Å²) in [7, 11) is 6.95. The van der Waals surface area contributed by atoms with Crippen LogP contribution in [-0.2, 0) is 0 Å². The fourth-order valence-electron chi connectivity index (χ4n) is 0.686. The molecule has 0 aliphatic heterocycles. The zero-order chi connectivity index (χ0) is 9.02. The molecule has 0 heterocycles.